The second-order valence-corrected chi connectivity index (χ2v) is 6.92. The van der Waals surface area contributed by atoms with Crippen LogP contribution in [-0.4, -0.2) is 36.2 Å². The first kappa shape index (κ1) is 20.4. The van der Waals surface area contributed by atoms with E-state index in [9.17, 15) is 13.2 Å². The van der Waals surface area contributed by atoms with Gasteiger partial charge in [-0.25, -0.2) is 0 Å². The third-order valence-electron chi connectivity index (χ3n) is 4.06. The van der Waals surface area contributed by atoms with Crippen molar-refractivity contribution in [3.63, 3.8) is 0 Å². The number of amidine groups is 1. The molecule has 2 heterocycles. The quantitative estimate of drug-likeness (QED) is 0.579. The van der Waals surface area contributed by atoms with Crippen LogP contribution in [0.25, 0.3) is 0 Å². The lowest BCUT2D eigenvalue weighted by atomic mass is 10.1. The summed E-state index contributed by atoms with van der Waals surface area (Å²) in [7, 11) is 0. The fourth-order valence-corrected chi connectivity index (χ4v) is 3.04. The van der Waals surface area contributed by atoms with Gasteiger partial charge in [-0.1, -0.05) is 23.2 Å². The molecule has 0 bridgehead atoms. The van der Waals surface area contributed by atoms with Gasteiger partial charge in [-0.2, -0.15) is 13.2 Å². The summed E-state index contributed by atoms with van der Waals surface area (Å²) in [5.74, 6) is -0.0554. The molecule has 0 saturated carbocycles. The number of halogens is 5. The number of alkyl halides is 3. The van der Waals surface area contributed by atoms with Crippen LogP contribution in [-0.2, 0) is 11.4 Å². The molecule has 0 spiro atoms. The van der Waals surface area contributed by atoms with Gasteiger partial charge in [-0.15, -0.1) is 5.48 Å². The Morgan fingerprint density at radius 1 is 1.39 bits per heavy atom. The van der Waals surface area contributed by atoms with Gasteiger partial charge in [0.1, 0.15) is 5.84 Å². The molecule has 12 heteroatoms. The summed E-state index contributed by atoms with van der Waals surface area (Å²) in [5, 5.41) is 3.18. The highest BCUT2D eigenvalue weighted by atomic mass is 35.5. The number of allylic oxidation sites excluding steroid dienone is 1. The van der Waals surface area contributed by atoms with E-state index in [1.807, 2.05) is 10.4 Å². The molecule has 0 amide bonds. The minimum Gasteiger partial charge on any atom is -0.394 e. The van der Waals surface area contributed by atoms with E-state index in [-0.39, 0.29) is 17.4 Å². The third-order valence-corrected chi connectivity index (χ3v) is 4.66. The van der Waals surface area contributed by atoms with Gasteiger partial charge in [0.2, 0.25) is 12.0 Å². The molecule has 1 aromatic carbocycles. The van der Waals surface area contributed by atoms with Crippen molar-refractivity contribution in [2.45, 2.75) is 18.9 Å². The maximum Gasteiger partial charge on any atom is 0.425 e. The number of hydrogen-bond acceptors (Lipinski definition) is 7. The Bertz CT molecular complexity index is 855. The minimum atomic E-state index is -4.55. The molecule has 28 heavy (non-hydrogen) atoms. The highest BCUT2D eigenvalue weighted by molar-refractivity contribution is 6.33. The van der Waals surface area contributed by atoms with Crippen LogP contribution in [0.15, 0.2) is 46.5 Å². The number of hydroxylamine groups is 1. The summed E-state index contributed by atoms with van der Waals surface area (Å²) in [6, 6.07) is 5.08. The van der Waals surface area contributed by atoms with E-state index >= 15 is 0 Å². The fourth-order valence-electron chi connectivity index (χ4n) is 2.67. The molecule has 6 N–H and O–H groups in total. The first-order valence-corrected chi connectivity index (χ1v) is 8.87. The second-order valence-electron chi connectivity index (χ2n) is 6.08. The first-order chi connectivity index (χ1) is 13.1. The molecule has 1 atom stereocenters. The summed E-state index contributed by atoms with van der Waals surface area (Å²) in [5.41, 5.74) is 14.8. The number of aliphatic imine (C=N–C) groups is 1. The van der Waals surface area contributed by atoms with Crippen LogP contribution in [0.3, 0.4) is 0 Å². The van der Waals surface area contributed by atoms with Crippen molar-refractivity contribution in [3.8, 4) is 0 Å². The second kappa shape index (κ2) is 7.98. The van der Waals surface area contributed by atoms with Crippen molar-refractivity contribution in [3.05, 3.63) is 57.2 Å². The van der Waals surface area contributed by atoms with Crippen LogP contribution in [0.1, 0.15) is 5.56 Å². The lowest BCUT2D eigenvalue weighted by molar-refractivity contribution is -0.167. The Morgan fingerprint density at radius 2 is 2.14 bits per heavy atom. The van der Waals surface area contributed by atoms with Crippen molar-refractivity contribution >= 4 is 29.0 Å². The average Bonchev–Trinajstić information content (AvgIpc) is 3.11. The maximum atomic E-state index is 12.7. The topological polar surface area (TPSA) is 101 Å². The molecule has 0 aromatic heterocycles. The van der Waals surface area contributed by atoms with Crippen molar-refractivity contribution in [2.24, 2.45) is 16.5 Å². The highest BCUT2D eigenvalue weighted by Crippen LogP contribution is 2.26. The fraction of sp³-hybridized carbons (Fsp3) is 0.312. The SMILES string of the molecule is NC1=NCCN(Cc2cc(Cl)ccc2Cl)C1=CC(N)=C1NC(C(F)(F)F)NO1. The molecule has 2 aliphatic rings. The zero-order valence-electron chi connectivity index (χ0n) is 14.4. The van der Waals surface area contributed by atoms with Crippen molar-refractivity contribution in [1.29, 1.82) is 0 Å². The first-order valence-electron chi connectivity index (χ1n) is 8.11. The zero-order chi connectivity index (χ0) is 20.5. The van der Waals surface area contributed by atoms with Crippen LogP contribution < -0.4 is 22.3 Å². The smallest absolute Gasteiger partial charge is 0.394 e. The van der Waals surface area contributed by atoms with Crippen LogP contribution >= 0.6 is 23.2 Å². The van der Waals surface area contributed by atoms with Gasteiger partial charge in [-0.3, -0.25) is 4.99 Å². The maximum absolute atomic E-state index is 12.7. The molecule has 1 aromatic rings. The van der Waals surface area contributed by atoms with E-state index in [4.69, 9.17) is 39.5 Å². The Balaban J connectivity index is 1.86. The van der Waals surface area contributed by atoms with E-state index in [2.05, 4.69) is 10.3 Å². The van der Waals surface area contributed by atoms with Crippen LogP contribution in [0.2, 0.25) is 10.0 Å². The van der Waals surface area contributed by atoms with Crippen molar-refractivity contribution in [2.75, 3.05) is 13.1 Å². The number of nitrogens with one attached hydrogen (secondary N) is 2. The summed E-state index contributed by atoms with van der Waals surface area (Å²) >= 11 is 12.3. The van der Waals surface area contributed by atoms with E-state index in [0.717, 1.165) is 5.56 Å². The van der Waals surface area contributed by atoms with Crippen LogP contribution in [0.4, 0.5) is 13.2 Å². The Kier molecular flexibility index (Phi) is 5.82. The number of nitrogens with zero attached hydrogens (tertiary/aromatic N) is 2. The average molecular weight is 437 g/mol. The number of benzene rings is 1. The predicted octanol–water partition coefficient (Wildman–Crippen LogP) is 2.19. The number of hydrogen-bond donors (Lipinski definition) is 4. The number of rotatable bonds is 3. The molecule has 1 fully saturated rings. The monoisotopic (exact) mass is 436 g/mol. The highest BCUT2D eigenvalue weighted by Gasteiger charge is 2.44. The summed E-state index contributed by atoms with van der Waals surface area (Å²) in [4.78, 5) is 10.8. The largest absolute Gasteiger partial charge is 0.425 e. The van der Waals surface area contributed by atoms with E-state index in [1.165, 1.54) is 6.08 Å². The molecular formula is C16H17Cl2F3N6O. The summed E-state index contributed by atoms with van der Waals surface area (Å²) in [6.45, 7) is 1.32. The van der Waals surface area contributed by atoms with Gasteiger partial charge in [0.05, 0.1) is 17.9 Å². The van der Waals surface area contributed by atoms with Crippen molar-refractivity contribution < 1.29 is 18.0 Å². The van der Waals surface area contributed by atoms with Crippen molar-refractivity contribution in [1.82, 2.24) is 15.7 Å². The van der Waals surface area contributed by atoms with Crippen LogP contribution in [0.5, 0.6) is 0 Å². The Morgan fingerprint density at radius 3 is 2.82 bits per heavy atom. The summed E-state index contributed by atoms with van der Waals surface area (Å²) in [6.07, 6.45) is -5.20. The lowest BCUT2D eigenvalue weighted by Gasteiger charge is -2.30. The van der Waals surface area contributed by atoms with Gasteiger partial charge in [0.15, 0.2) is 0 Å². The Hall–Kier alpha value is -2.30. The van der Waals surface area contributed by atoms with E-state index in [1.54, 1.807) is 18.2 Å². The van der Waals surface area contributed by atoms with Gasteiger partial charge >= 0.3 is 6.18 Å². The molecule has 3 rings (SSSR count). The zero-order valence-corrected chi connectivity index (χ0v) is 15.9. The normalized spacial score (nSPS) is 23.3. The molecule has 0 aliphatic carbocycles. The predicted molar refractivity (Wildman–Crippen MR) is 99.9 cm³/mol. The minimum absolute atomic E-state index is 0.0727. The standard InChI is InChI=1S/C16H17Cl2F3N6O/c17-9-1-2-10(18)8(5-9)7-27-4-3-24-13(23)12(27)6-11(22)14-25-15(26-28-14)16(19,20)21/h1-2,5-6,15,25-26H,3-4,7,22H2,(H2,23,24). The third kappa shape index (κ3) is 4.57. The van der Waals surface area contributed by atoms with Gasteiger partial charge < -0.3 is 26.5 Å². The Labute approximate surface area is 168 Å². The van der Waals surface area contributed by atoms with Gasteiger partial charge in [0, 0.05) is 23.1 Å². The molecule has 1 unspecified atom stereocenters. The molecule has 0 radical (unpaired) electrons. The summed E-state index contributed by atoms with van der Waals surface area (Å²) < 4.78 is 38.2. The van der Waals surface area contributed by atoms with E-state index in [0.29, 0.717) is 35.4 Å². The van der Waals surface area contributed by atoms with E-state index < -0.39 is 12.3 Å². The molecular weight excluding hydrogens is 420 g/mol. The molecule has 152 valence electrons. The number of nitrogens with two attached hydrogens (primary N) is 2. The molecule has 1 saturated heterocycles. The lowest BCUT2D eigenvalue weighted by Crippen LogP contribution is -2.44. The van der Waals surface area contributed by atoms with Gasteiger partial charge in [-0.05, 0) is 29.8 Å². The molecule has 2 aliphatic heterocycles. The van der Waals surface area contributed by atoms with Gasteiger partial charge in [0.25, 0.3) is 0 Å². The molecule has 7 nitrogen and oxygen atoms in total. The van der Waals surface area contributed by atoms with Crippen LogP contribution in [0, 0.1) is 0 Å².